The number of alkyl halides is 1. The van der Waals surface area contributed by atoms with Gasteiger partial charge in [-0.05, 0) is 42.8 Å². The third kappa shape index (κ3) is 4.54. The highest BCUT2D eigenvalue weighted by Crippen LogP contribution is 2.43. The summed E-state index contributed by atoms with van der Waals surface area (Å²) in [6.45, 7) is 1.41. The van der Waals surface area contributed by atoms with Crippen molar-refractivity contribution >= 4 is 63.6 Å². The minimum Gasteiger partial charge on any atom is -0.383 e. The fraction of sp³-hybridized carbons (Fsp3) is 0.136. The first-order valence-corrected chi connectivity index (χ1v) is 10.4. The lowest BCUT2D eigenvalue weighted by molar-refractivity contribution is 0.101. The Bertz CT molecular complexity index is 1180. The Morgan fingerprint density at radius 1 is 1.19 bits per heavy atom. The van der Waals surface area contributed by atoms with Crippen molar-refractivity contribution in [1.82, 2.24) is 5.32 Å². The summed E-state index contributed by atoms with van der Waals surface area (Å²) in [5.41, 5.74) is 4.35. The molecule has 166 valence electrons. The molecule has 0 bridgehead atoms. The first-order valence-electron chi connectivity index (χ1n) is 9.25. The molecule has 0 spiro atoms. The van der Waals surface area contributed by atoms with Gasteiger partial charge >= 0.3 is 6.03 Å². The van der Waals surface area contributed by atoms with E-state index in [1.54, 1.807) is 30.3 Å². The van der Waals surface area contributed by atoms with Crippen LogP contribution in [0.25, 0.3) is 5.57 Å². The van der Waals surface area contributed by atoms with Crippen molar-refractivity contribution in [3.63, 3.8) is 0 Å². The number of allylic oxidation sites excluding steroid dienone is 2. The SMILES string of the molecule is CC1(O)C=CC(c2c(Cl)cccc2NC(=O)c2ccccc2F)=CC1(Cl)C(=S)NC(N)=O. The number of nitrogens with one attached hydrogen (secondary N) is 2. The molecule has 0 heterocycles. The van der Waals surface area contributed by atoms with Gasteiger partial charge in [0.05, 0.1) is 16.3 Å². The van der Waals surface area contributed by atoms with E-state index in [1.807, 2.05) is 0 Å². The highest BCUT2D eigenvalue weighted by molar-refractivity contribution is 7.80. The van der Waals surface area contributed by atoms with Crippen molar-refractivity contribution in [1.29, 1.82) is 0 Å². The van der Waals surface area contributed by atoms with Gasteiger partial charge in [0.25, 0.3) is 5.91 Å². The predicted molar refractivity (Wildman–Crippen MR) is 127 cm³/mol. The maximum Gasteiger partial charge on any atom is 0.317 e. The predicted octanol–water partition coefficient (Wildman–Crippen LogP) is 4.41. The summed E-state index contributed by atoms with van der Waals surface area (Å²) >= 11 is 18.3. The number of primary amides is 1. The van der Waals surface area contributed by atoms with Crippen molar-refractivity contribution in [3.05, 3.63) is 82.7 Å². The van der Waals surface area contributed by atoms with Gasteiger partial charge in [-0.25, -0.2) is 9.18 Å². The number of thiocarbonyl (C=S) groups is 1. The van der Waals surface area contributed by atoms with Crippen LogP contribution in [0, 0.1) is 5.82 Å². The van der Waals surface area contributed by atoms with Crippen LogP contribution in [0.2, 0.25) is 5.02 Å². The molecule has 2 atom stereocenters. The van der Waals surface area contributed by atoms with Gasteiger partial charge in [0.2, 0.25) is 0 Å². The summed E-state index contributed by atoms with van der Waals surface area (Å²) in [4.78, 5) is 22.0. The van der Waals surface area contributed by atoms with E-state index in [4.69, 9.17) is 41.2 Å². The zero-order chi connectivity index (χ0) is 23.7. The summed E-state index contributed by atoms with van der Waals surface area (Å²) in [6.07, 6.45) is 4.34. The van der Waals surface area contributed by atoms with Gasteiger partial charge in [-0.15, -0.1) is 11.6 Å². The monoisotopic (exact) mass is 493 g/mol. The lowest BCUT2D eigenvalue weighted by Gasteiger charge is -2.39. The van der Waals surface area contributed by atoms with E-state index in [0.717, 1.165) is 0 Å². The topological polar surface area (TPSA) is 104 Å². The van der Waals surface area contributed by atoms with Gasteiger partial charge < -0.3 is 21.5 Å². The molecule has 2 aromatic carbocycles. The molecule has 32 heavy (non-hydrogen) atoms. The number of rotatable bonds is 4. The van der Waals surface area contributed by atoms with E-state index in [-0.39, 0.29) is 21.3 Å². The lowest BCUT2D eigenvalue weighted by atomic mass is 9.80. The maximum atomic E-state index is 14.0. The number of carbonyl (C=O) groups is 2. The third-order valence-corrected chi connectivity index (χ3v) is 6.45. The van der Waals surface area contributed by atoms with Crippen LogP contribution >= 0.6 is 35.4 Å². The number of hydrogen-bond acceptors (Lipinski definition) is 4. The van der Waals surface area contributed by atoms with Crippen LogP contribution < -0.4 is 16.4 Å². The minimum atomic E-state index is -1.76. The number of amides is 3. The van der Waals surface area contributed by atoms with Crippen molar-refractivity contribution in [3.8, 4) is 0 Å². The smallest absolute Gasteiger partial charge is 0.317 e. The van der Waals surface area contributed by atoms with Crippen molar-refractivity contribution in [2.45, 2.75) is 17.4 Å². The van der Waals surface area contributed by atoms with E-state index in [1.165, 1.54) is 37.3 Å². The van der Waals surface area contributed by atoms with Crippen LogP contribution in [0.1, 0.15) is 22.8 Å². The van der Waals surface area contributed by atoms with Gasteiger partial charge in [-0.2, -0.15) is 0 Å². The van der Waals surface area contributed by atoms with Crippen LogP contribution in [-0.2, 0) is 0 Å². The Labute approximate surface area is 198 Å². The van der Waals surface area contributed by atoms with E-state index in [2.05, 4.69) is 10.6 Å². The Morgan fingerprint density at radius 3 is 2.53 bits per heavy atom. The summed E-state index contributed by atoms with van der Waals surface area (Å²) < 4.78 is 14.0. The molecule has 1 aliphatic carbocycles. The van der Waals surface area contributed by atoms with Gasteiger partial charge in [0.15, 0.2) is 0 Å². The molecule has 3 amide bonds. The molecule has 6 nitrogen and oxygen atoms in total. The molecular formula is C22H18Cl2FN3O3S. The van der Waals surface area contributed by atoms with Crippen LogP contribution in [0.3, 0.4) is 0 Å². The zero-order valence-electron chi connectivity index (χ0n) is 16.7. The zero-order valence-corrected chi connectivity index (χ0v) is 19.0. The molecule has 5 N–H and O–H groups in total. The fourth-order valence-electron chi connectivity index (χ4n) is 3.19. The molecule has 2 unspecified atom stereocenters. The van der Waals surface area contributed by atoms with Gasteiger partial charge in [-0.3, -0.25) is 4.79 Å². The molecule has 2 aromatic rings. The number of nitrogens with two attached hydrogens (primary N) is 1. The average Bonchev–Trinajstić information content (AvgIpc) is 2.70. The Balaban J connectivity index is 2.07. The molecule has 3 rings (SSSR count). The fourth-order valence-corrected chi connectivity index (χ4v) is 4.07. The second-order valence-electron chi connectivity index (χ2n) is 7.21. The first-order chi connectivity index (χ1) is 15.0. The van der Waals surface area contributed by atoms with Crippen molar-refractivity contribution < 1.29 is 19.1 Å². The average molecular weight is 494 g/mol. The number of anilines is 1. The van der Waals surface area contributed by atoms with Crippen molar-refractivity contribution in [2.75, 3.05) is 5.32 Å². The largest absolute Gasteiger partial charge is 0.383 e. The molecule has 10 heteroatoms. The van der Waals surface area contributed by atoms with E-state index in [9.17, 15) is 19.1 Å². The Morgan fingerprint density at radius 2 is 1.88 bits per heavy atom. The molecule has 0 saturated heterocycles. The molecule has 0 radical (unpaired) electrons. The molecule has 1 aliphatic rings. The summed E-state index contributed by atoms with van der Waals surface area (Å²) in [6, 6.07) is 9.39. The second kappa shape index (κ2) is 8.99. The molecule has 0 aromatic heterocycles. The maximum absolute atomic E-state index is 14.0. The van der Waals surface area contributed by atoms with E-state index >= 15 is 0 Å². The summed E-state index contributed by atoms with van der Waals surface area (Å²) in [5.74, 6) is -1.36. The molecular weight excluding hydrogens is 476 g/mol. The van der Waals surface area contributed by atoms with E-state index < -0.39 is 28.2 Å². The van der Waals surface area contributed by atoms with E-state index in [0.29, 0.717) is 11.1 Å². The van der Waals surface area contributed by atoms with Crippen LogP contribution in [0.4, 0.5) is 14.9 Å². The Hall–Kier alpha value is -2.78. The van der Waals surface area contributed by atoms with Crippen LogP contribution in [-0.4, -0.2) is 32.5 Å². The first kappa shape index (κ1) is 23.9. The minimum absolute atomic E-state index is 0.145. The summed E-state index contributed by atoms with van der Waals surface area (Å²) in [5, 5.41) is 15.9. The highest BCUT2D eigenvalue weighted by atomic mass is 35.5. The molecule has 0 fully saturated rings. The van der Waals surface area contributed by atoms with Gasteiger partial charge in [0.1, 0.15) is 21.3 Å². The quantitative estimate of drug-likeness (QED) is 0.374. The Kier molecular flexibility index (Phi) is 6.71. The number of carbonyl (C=O) groups excluding carboxylic acids is 2. The van der Waals surface area contributed by atoms with Gasteiger partial charge in [-0.1, -0.05) is 54.2 Å². The number of benzene rings is 2. The second-order valence-corrected chi connectivity index (χ2v) is 8.62. The third-order valence-electron chi connectivity index (χ3n) is 4.91. The molecule has 0 saturated carbocycles. The number of hydrogen-bond donors (Lipinski definition) is 4. The standard InChI is InChI=1S/C22H18Cl2FN3O3S/c1-21(31)10-9-12(11-22(21,24)19(32)28-20(26)30)17-14(23)6-4-8-16(17)27-18(29)13-5-2-3-7-15(13)25/h2-11,31H,1H3,(H,27,29)(H3,26,28,30,32). The van der Waals surface area contributed by atoms with Gasteiger partial charge in [0, 0.05) is 5.56 Å². The number of urea groups is 1. The van der Waals surface area contributed by atoms with Crippen LogP contribution in [0.15, 0.2) is 60.7 Å². The van der Waals surface area contributed by atoms with Crippen LogP contribution in [0.5, 0.6) is 0 Å². The normalized spacial score (nSPS) is 22.1. The number of aliphatic hydroxyl groups is 1. The number of halogens is 3. The summed E-state index contributed by atoms with van der Waals surface area (Å²) in [7, 11) is 0. The highest BCUT2D eigenvalue weighted by Gasteiger charge is 2.48. The molecule has 0 aliphatic heterocycles. The van der Waals surface area contributed by atoms with Crippen molar-refractivity contribution in [2.24, 2.45) is 5.73 Å². The lowest BCUT2D eigenvalue weighted by Crippen LogP contribution is -2.57.